The highest BCUT2D eigenvalue weighted by Gasteiger charge is 2.04. The average molecular weight is 538 g/mol. The van der Waals surface area contributed by atoms with E-state index in [9.17, 15) is 4.79 Å². The number of amides is 1. The lowest BCUT2D eigenvalue weighted by atomic mass is 10.1. The molecule has 0 aliphatic heterocycles. The molecule has 170 valence electrons. The summed E-state index contributed by atoms with van der Waals surface area (Å²) in [6.07, 6.45) is 2.65. The van der Waals surface area contributed by atoms with Gasteiger partial charge in [0.2, 0.25) is 0 Å². The van der Waals surface area contributed by atoms with Crippen molar-refractivity contribution >= 4 is 35.8 Å². The molecule has 6 nitrogen and oxygen atoms in total. The quantitative estimate of drug-likeness (QED) is 0.168. The maximum atomic E-state index is 11.8. The molecule has 2 aromatic carbocycles. The fourth-order valence-electron chi connectivity index (χ4n) is 2.97. The normalized spacial score (nSPS) is 10.8. The molecule has 0 radical (unpaired) electrons. The minimum atomic E-state index is -0.0642. The lowest BCUT2D eigenvalue weighted by Crippen LogP contribution is -2.38. The smallest absolute Gasteiger partial charge is 0.251 e. The zero-order valence-corrected chi connectivity index (χ0v) is 20.9. The molecule has 0 unspecified atom stereocenters. The summed E-state index contributed by atoms with van der Waals surface area (Å²) in [6, 6.07) is 18.1. The SMILES string of the molecule is CCNC(=NCCCOCCc1ccccc1)NCCc1cccc(C(=O)NC)c1.I. The minimum absolute atomic E-state index is 0. The molecule has 0 spiro atoms. The summed E-state index contributed by atoms with van der Waals surface area (Å²) in [6.45, 7) is 5.77. The molecule has 2 aromatic rings. The number of ether oxygens (including phenoxy) is 1. The lowest BCUT2D eigenvalue weighted by Gasteiger charge is -2.12. The Labute approximate surface area is 203 Å². The van der Waals surface area contributed by atoms with Crippen molar-refractivity contribution in [3.05, 3.63) is 71.3 Å². The summed E-state index contributed by atoms with van der Waals surface area (Å²) in [7, 11) is 1.64. The molecule has 0 bridgehead atoms. The predicted octanol–water partition coefficient (Wildman–Crippen LogP) is 3.41. The van der Waals surface area contributed by atoms with Gasteiger partial charge in [-0.2, -0.15) is 0 Å². The van der Waals surface area contributed by atoms with Crippen LogP contribution in [0, 0.1) is 0 Å². The Hall–Kier alpha value is -2.13. The number of nitrogens with zero attached hydrogens (tertiary/aromatic N) is 1. The van der Waals surface area contributed by atoms with Crippen LogP contribution in [0.5, 0.6) is 0 Å². The molecule has 0 saturated heterocycles. The fourth-order valence-corrected chi connectivity index (χ4v) is 2.97. The van der Waals surface area contributed by atoms with E-state index in [4.69, 9.17) is 4.74 Å². The molecule has 0 fully saturated rings. The first-order valence-corrected chi connectivity index (χ1v) is 10.7. The number of nitrogens with one attached hydrogen (secondary N) is 3. The van der Waals surface area contributed by atoms with E-state index in [1.54, 1.807) is 7.05 Å². The van der Waals surface area contributed by atoms with E-state index in [0.717, 1.165) is 50.5 Å². The highest BCUT2D eigenvalue weighted by atomic mass is 127. The van der Waals surface area contributed by atoms with Crippen LogP contribution in [-0.4, -0.2) is 51.8 Å². The van der Waals surface area contributed by atoms with Crippen molar-refractivity contribution in [2.75, 3.05) is 39.9 Å². The second-order valence-corrected chi connectivity index (χ2v) is 6.92. The molecule has 1 amide bonds. The van der Waals surface area contributed by atoms with Gasteiger partial charge in [-0.05, 0) is 49.4 Å². The first-order chi connectivity index (χ1) is 14.7. The predicted molar refractivity (Wildman–Crippen MR) is 139 cm³/mol. The fraction of sp³-hybridized carbons (Fsp3) is 0.417. The van der Waals surface area contributed by atoms with Crippen LogP contribution in [-0.2, 0) is 17.6 Å². The number of halogens is 1. The van der Waals surface area contributed by atoms with Gasteiger partial charge in [-0.15, -0.1) is 24.0 Å². The molecule has 3 N–H and O–H groups in total. The number of hydrogen-bond donors (Lipinski definition) is 3. The molecule has 7 heteroatoms. The Bertz CT molecular complexity index is 784. The van der Waals surface area contributed by atoms with Gasteiger partial charge in [0.05, 0.1) is 6.61 Å². The lowest BCUT2D eigenvalue weighted by molar-refractivity contribution is 0.0963. The van der Waals surface area contributed by atoms with Gasteiger partial charge >= 0.3 is 0 Å². The third-order valence-corrected chi connectivity index (χ3v) is 4.56. The first-order valence-electron chi connectivity index (χ1n) is 10.7. The van der Waals surface area contributed by atoms with Gasteiger partial charge in [-0.25, -0.2) is 0 Å². The van der Waals surface area contributed by atoms with Gasteiger partial charge in [0, 0.05) is 38.9 Å². The molecule has 0 aliphatic carbocycles. The molecule has 0 atom stereocenters. The zero-order valence-electron chi connectivity index (χ0n) is 18.5. The monoisotopic (exact) mass is 538 g/mol. The Morgan fingerprint density at radius 2 is 1.74 bits per heavy atom. The van der Waals surface area contributed by atoms with Crippen LogP contribution >= 0.6 is 24.0 Å². The highest BCUT2D eigenvalue weighted by molar-refractivity contribution is 14.0. The van der Waals surface area contributed by atoms with E-state index in [2.05, 4.69) is 52.1 Å². The van der Waals surface area contributed by atoms with Crippen LogP contribution in [0.4, 0.5) is 0 Å². The minimum Gasteiger partial charge on any atom is -0.381 e. The Balaban J connectivity index is 0.00000480. The maximum Gasteiger partial charge on any atom is 0.251 e. The van der Waals surface area contributed by atoms with Crippen molar-refractivity contribution in [2.24, 2.45) is 4.99 Å². The molecule has 0 saturated carbocycles. The van der Waals surface area contributed by atoms with E-state index in [1.165, 1.54) is 5.56 Å². The molecule has 0 aliphatic rings. The van der Waals surface area contributed by atoms with E-state index in [1.807, 2.05) is 30.3 Å². The number of benzene rings is 2. The van der Waals surface area contributed by atoms with Crippen LogP contribution in [0.15, 0.2) is 59.6 Å². The van der Waals surface area contributed by atoms with Gasteiger partial charge in [0.1, 0.15) is 0 Å². The third kappa shape index (κ3) is 11.2. The summed E-state index contributed by atoms with van der Waals surface area (Å²) in [5, 5.41) is 9.27. The number of guanidine groups is 1. The average Bonchev–Trinajstić information content (AvgIpc) is 2.78. The number of hydrogen-bond acceptors (Lipinski definition) is 3. The van der Waals surface area contributed by atoms with Crippen molar-refractivity contribution in [3.8, 4) is 0 Å². The van der Waals surface area contributed by atoms with Crippen LogP contribution in [0.3, 0.4) is 0 Å². The number of carbonyl (C=O) groups excluding carboxylic acids is 1. The van der Waals surface area contributed by atoms with Gasteiger partial charge < -0.3 is 20.7 Å². The van der Waals surface area contributed by atoms with Crippen molar-refractivity contribution < 1.29 is 9.53 Å². The van der Waals surface area contributed by atoms with Crippen molar-refractivity contribution in [3.63, 3.8) is 0 Å². The molecule has 0 heterocycles. The summed E-state index contributed by atoms with van der Waals surface area (Å²) in [5.41, 5.74) is 3.10. The highest BCUT2D eigenvalue weighted by Crippen LogP contribution is 2.05. The van der Waals surface area contributed by atoms with Gasteiger partial charge in [-0.1, -0.05) is 42.5 Å². The van der Waals surface area contributed by atoms with Crippen molar-refractivity contribution in [1.29, 1.82) is 0 Å². The molecular weight excluding hydrogens is 503 g/mol. The van der Waals surface area contributed by atoms with Gasteiger partial charge in [0.25, 0.3) is 5.91 Å². The molecule has 2 rings (SSSR count). The summed E-state index contributed by atoms with van der Waals surface area (Å²) >= 11 is 0. The van der Waals surface area contributed by atoms with Crippen LogP contribution in [0.2, 0.25) is 0 Å². The second kappa shape index (κ2) is 16.5. The summed E-state index contributed by atoms with van der Waals surface area (Å²) < 4.78 is 5.72. The van der Waals surface area contributed by atoms with Gasteiger partial charge in [-0.3, -0.25) is 9.79 Å². The largest absolute Gasteiger partial charge is 0.381 e. The third-order valence-electron chi connectivity index (χ3n) is 4.56. The van der Waals surface area contributed by atoms with E-state index < -0.39 is 0 Å². The van der Waals surface area contributed by atoms with Crippen molar-refractivity contribution in [2.45, 2.75) is 26.2 Å². The van der Waals surface area contributed by atoms with E-state index in [-0.39, 0.29) is 29.9 Å². The molecule has 31 heavy (non-hydrogen) atoms. The number of carbonyl (C=O) groups is 1. The second-order valence-electron chi connectivity index (χ2n) is 6.92. The Morgan fingerprint density at radius 1 is 0.968 bits per heavy atom. The van der Waals surface area contributed by atoms with E-state index in [0.29, 0.717) is 18.7 Å². The van der Waals surface area contributed by atoms with Crippen LogP contribution in [0.1, 0.15) is 34.8 Å². The zero-order chi connectivity index (χ0) is 21.4. The standard InChI is InChI=1S/C24H34N4O2.HI/c1-3-26-24(27-15-8-17-30-18-14-20-9-5-4-6-10-20)28-16-13-21-11-7-12-22(19-21)23(29)25-2;/h4-7,9-12,19H,3,8,13-18H2,1-2H3,(H,25,29)(H2,26,27,28);1H. The number of rotatable bonds is 12. The molecule has 0 aromatic heterocycles. The van der Waals surface area contributed by atoms with Gasteiger partial charge in [0.15, 0.2) is 5.96 Å². The van der Waals surface area contributed by atoms with Crippen LogP contribution in [0.25, 0.3) is 0 Å². The first kappa shape index (κ1) is 26.9. The van der Waals surface area contributed by atoms with Crippen molar-refractivity contribution in [1.82, 2.24) is 16.0 Å². The maximum absolute atomic E-state index is 11.8. The summed E-state index contributed by atoms with van der Waals surface area (Å²) in [5.74, 6) is 0.745. The van der Waals surface area contributed by atoms with E-state index >= 15 is 0 Å². The molecular formula is C24H35IN4O2. The Kier molecular flexibility index (Phi) is 14.4. The number of aliphatic imine (C=N–C) groups is 1. The summed E-state index contributed by atoms with van der Waals surface area (Å²) in [4.78, 5) is 16.4. The topological polar surface area (TPSA) is 74.8 Å². The van der Waals surface area contributed by atoms with Crippen LogP contribution < -0.4 is 16.0 Å². The Morgan fingerprint density at radius 3 is 2.48 bits per heavy atom.